The minimum absolute atomic E-state index is 0.220. The van der Waals surface area contributed by atoms with Crippen LogP contribution in [0.3, 0.4) is 0 Å². The standard InChI is InChI=1S/C10H10F2N2O/c1-3-8(15)14-10-7(13-2)5-4-6(11)9(10)12/h3-5,13H,1H2,2H3,(H,14,15). The van der Waals surface area contributed by atoms with Crippen molar-refractivity contribution >= 4 is 17.3 Å². The van der Waals surface area contributed by atoms with Crippen LogP contribution in [0, 0.1) is 11.6 Å². The van der Waals surface area contributed by atoms with Gasteiger partial charge in [-0.1, -0.05) is 6.58 Å². The smallest absolute Gasteiger partial charge is 0.247 e. The molecule has 1 aromatic carbocycles. The number of halogens is 2. The highest BCUT2D eigenvalue weighted by Gasteiger charge is 2.13. The Kier molecular flexibility index (Phi) is 3.38. The predicted molar refractivity (Wildman–Crippen MR) is 54.7 cm³/mol. The molecule has 0 saturated heterocycles. The largest absolute Gasteiger partial charge is 0.386 e. The van der Waals surface area contributed by atoms with Crippen LogP contribution in [0.4, 0.5) is 20.2 Å². The van der Waals surface area contributed by atoms with Gasteiger partial charge >= 0.3 is 0 Å². The van der Waals surface area contributed by atoms with Crippen LogP contribution >= 0.6 is 0 Å². The Hall–Kier alpha value is -1.91. The number of anilines is 2. The lowest BCUT2D eigenvalue weighted by Gasteiger charge is -2.10. The van der Waals surface area contributed by atoms with Gasteiger partial charge in [0.05, 0.1) is 5.69 Å². The normalized spacial score (nSPS) is 9.53. The molecule has 0 atom stereocenters. The van der Waals surface area contributed by atoms with Crippen LogP contribution in [-0.4, -0.2) is 13.0 Å². The molecule has 1 rings (SSSR count). The van der Waals surface area contributed by atoms with E-state index in [9.17, 15) is 13.6 Å². The number of hydrogen-bond donors (Lipinski definition) is 2. The van der Waals surface area contributed by atoms with Crippen molar-refractivity contribution in [3.63, 3.8) is 0 Å². The summed E-state index contributed by atoms with van der Waals surface area (Å²) >= 11 is 0. The van der Waals surface area contributed by atoms with Crippen molar-refractivity contribution in [1.29, 1.82) is 0 Å². The first-order valence-electron chi connectivity index (χ1n) is 4.19. The average molecular weight is 212 g/mol. The third kappa shape index (κ3) is 2.31. The maximum Gasteiger partial charge on any atom is 0.247 e. The molecule has 15 heavy (non-hydrogen) atoms. The fraction of sp³-hybridized carbons (Fsp3) is 0.100. The molecule has 0 bridgehead atoms. The van der Waals surface area contributed by atoms with Gasteiger partial charge in [0, 0.05) is 7.05 Å². The molecule has 80 valence electrons. The first-order chi connectivity index (χ1) is 7.10. The van der Waals surface area contributed by atoms with Gasteiger partial charge in [-0.15, -0.1) is 0 Å². The van der Waals surface area contributed by atoms with Gasteiger partial charge in [0.15, 0.2) is 11.6 Å². The molecule has 1 aromatic rings. The molecule has 0 aliphatic heterocycles. The summed E-state index contributed by atoms with van der Waals surface area (Å²) in [5, 5.41) is 4.82. The topological polar surface area (TPSA) is 41.1 Å². The fourth-order valence-electron chi connectivity index (χ4n) is 1.06. The molecule has 0 fully saturated rings. The first-order valence-corrected chi connectivity index (χ1v) is 4.19. The van der Waals surface area contributed by atoms with Gasteiger partial charge < -0.3 is 10.6 Å². The number of carbonyl (C=O) groups excluding carboxylic acids is 1. The van der Waals surface area contributed by atoms with Crippen molar-refractivity contribution in [1.82, 2.24) is 0 Å². The fourth-order valence-corrected chi connectivity index (χ4v) is 1.06. The number of amides is 1. The molecule has 3 nitrogen and oxygen atoms in total. The summed E-state index contributed by atoms with van der Waals surface area (Å²) in [4.78, 5) is 11.0. The van der Waals surface area contributed by atoms with Crippen molar-refractivity contribution in [2.45, 2.75) is 0 Å². The molecule has 0 aromatic heterocycles. The third-order valence-electron chi connectivity index (χ3n) is 1.80. The molecule has 5 heteroatoms. The van der Waals surface area contributed by atoms with E-state index in [-0.39, 0.29) is 5.69 Å². The van der Waals surface area contributed by atoms with Crippen LogP contribution in [0.1, 0.15) is 0 Å². The summed E-state index contributed by atoms with van der Waals surface area (Å²) in [6, 6.07) is 2.31. The van der Waals surface area contributed by atoms with Crippen LogP contribution in [0.15, 0.2) is 24.8 Å². The molecule has 1 amide bonds. The average Bonchev–Trinajstić information content (AvgIpc) is 2.25. The highest BCUT2D eigenvalue weighted by atomic mass is 19.2. The number of benzene rings is 1. The molecule has 0 unspecified atom stereocenters. The molecule has 0 spiro atoms. The molecule has 2 N–H and O–H groups in total. The summed E-state index contributed by atoms with van der Waals surface area (Å²) in [6.45, 7) is 3.22. The maximum absolute atomic E-state index is 13.3. The van der Waals surface area contributed by atoms with Crippen molar-refractivity contribution in [2.75, 3.05) is 17.7 Å². The number of carbonyl (C=O) groups is 1. The Morgan fingerprint density at radius 3 is 2.67 bits per heavy atom. The van der Waals surface area contributed by atoms with E-state index in [2.05, 4.69) is 17.2 Å². The Morgan fingerprint density at radius 2 is 2.13 bits per heavy atom. The lowest BCUT2D eigenvalue weighted by atomic mass is 10.2. The molecule has 0 aliphatic carbocycles. The zero-order valence-electron chi connectivity index (χ0n) is 8.10. The number of nitrogens with one attached hydrogen (secondary N) is 2. The number of hydrogen-bond acceptors (Lipinski definition) is 2. The SMILES string of the molecule is C=CC(=O)Nc1c(NC)ccc(F)c1F. The van der Waals surface area contributed by atoms with E-state index >= 15 is 0 Å². The van der Waals surface area contributed by atoms with Gasteiger partial charge in [0.2, 0.25) is 5.91 Å². The van der Waals surface area contributed by atoms with Crippen LogP contribution in [0.2, 0.25) is 0 Å². The molecular formula is C10H10F2N2O. The van der Waals surface area contributed by atoms with E-state index in [1.54, 1.807) is 0 Å². The maximum atomic E-state index is 13.3. The quantitative estimate of drug-likeness (QED) is 0.753. The Balaban J connectivity index is 3.17. The van der Waals surface area contributed by atoms with Crippen LogP contribution in [-0.2, 0) is 4.79 Å². The highest BCUT2D eigenvalue weighted by Crippen LogP contribution is 2.26. The summed E-state index contributed by atoms with van der Waals surface area (Å²) in [5.74, 6) is -2.72. The highest BCUT2D eigenvalue weighted by molar-refractivity contribution is 6.01. The van der Waals surface area contributed by atoms with Crippen molar-refractivity contribution < 1.29 is 13.6 Å². The van der Waals surface area contributed by atoms with Gasteiger partial charge in [0.25, 0.3) is 0 Å². The minimum atomic E-state index is -1.10. The molecular weight excluding hydrogens is 202 g/mol. The summed E-state index contributed by atoms with van der Waals surface area (Å²) in [5.41, 5.74) is 0.0755. The molecule has 0 radical (unpaired) electrons. The lowest BCUT2D eigenvalue weighted by molar-refractivity contribution is -0.111. The second-order valence-electron chi connectivity index (χ2n) is 2.73. The molecule has 0 saturated carbocycles. The van der Waals surface area contributed by atoms with E-state index in [1.165, 1.54) is 13.1 Å². The summed E-state index contributed by atoms with van der Waals surface area (Å²) in [6.07, 6.45) is 0.976. The van der Waals surface area contributed by atoms with Crippen molar-refractivity contribution in [3.05, 3.63) is 36.4 Å². The Morgan fingerprint density at radius 1 is 1.47 bits per heavy atom. The van der Waals surface area contributed by atoms with Crippen LogP contribution < -0.4 is 10.6 Å². The third-order valence-corrected chi connectivity index (χ3v) is 1.80. The lowest BCUT2D eigenvalue weighted by Crippen LogP contribution is -2.11. The second-order valence-corrected chi connectivity index (χ2v) is 2.73. The van der Waals surface area contributed by atoms with Crippen molar-refractivity contribution in [3.8, 4) is 0 Å². The predicted octanol–water partition coefficient (Wildman–Crippen LogP) is 2.13. The van der Waals surface area contributed by atoms with E-state index in [1.807, 2.05) is 0 Å². The van der Waals surface area contributed by atoms with Gasteiger partial charge in [-0.05, 0) is 18.2 Å². The van der Waals surface area contributed by atoms with E-state index in [0.717, 1.165) is 12.1 Å². The van der Waals surface area contributed by atoms with Crippen LogP contribution in [0.25, 0.3) is 0 Å². The monoisotopic (exact) mass is 212 g/mol. The van der Waals surface area contributed by atoms with E-state index in [4.69, 9.17) is 0 Å². The van der Waals surface area contributed by atoms with E-state index < -0.39 is 17.5 Å². The summed E-state index contributed by atoms with van der Waals surface area (Å²) < 4.78 is 26.2. The molecule has 0 aliphatic rings. The zero-order valence-corrected chi connectivity index (χ0v) is 8.10. The minimum Gasteiger partial charge on any atom is -0.386 e. The Labute approximate surface area is 85.8 Å². The first kappa shape index (κ1) is 11.2. The van der Waals surface area contributed by atoms with Gasteiger partial charge in [0.1, 0.15) is 5.69 Å². The molecule has 0 heterocycles. The zero-order chi connectivity index (χ0) is 11.4. The van der Waals surface area contributed by atoms with Crippen LogP contribution in [0.5, 0.6) is 0 Å². The second kappa shape index (κ2) is 4.54. The van der Waals surface area contributed by atoms with Gasteiger partial charge in [-0.3, -0.25) is 4.79 Å². The Bertz CT molecular complexity index is 405. The van der Waals surface area contributed by atoms with Crippen molar-refractivity contribution in [2.24, 2.45) is 0 Å². The van der Waals surface area contributed by atoms with Gasteiger partial charge in [-0.25, -0.2) is 8.78 Å². The van der Waals surface area contributed by atoms with E-state index in [0.29, 0.717) is 5.69 Å². The number of rotatable bonds is 3. The van der Waals surface area contributed by atoms with Gasteiger partial charge in [-0.2, -0.15) is 0 Å². The summed E-state index contributed by atoms with van der Waals surface area (Å²) in [7, 11) is 1.54.